The Balaban J connectivity index is 1.43. The molecular weight excluding hydrogens is 310 g/mol. The Bertz CT molecular complexity index is 784. The summed E-state index contributed by atoms with van der Waals surface area (Å²) in [5.41, 5.74) is 1.88. The first-order chi connectivity index (χ1) is 11.2. The van der Waals surface area contributed by atoms with E-state index >= 15 is 0 Å². The number of Topliss-reactive ketones (excluding diaryl/α,β-unsaturated/α-hetero) is 1. The SMILES string of the molecule is O=C(C[C@@H]1C2CCN(CC2)C12CC2)c1ccc2occ(Cl)c2c1. The monoisotopic (exact) mass is 329 g/mol. The molecule has 3 nitrogen and oxygen atoms in total. The first-order valence-corrected chi connectivity index (χ1v) is 9.00. The molecule has 0 N–H and O–H groups in total. The fraction of sp³-hybridized carbons (Fsp3) is 0.526. The zero-order chi connectivity index (χ0) is 15.6. The molecule has 23 heavy (non-hydrogen) atoms. The van der Waals surface area contributed by atoms with Crippen molar-refractivity contribution in [3.8, 4) is 0 Å². The number of fused-ring (bicyclic) bond motifs is 3. The van der Waals surface area contributed by atoms with Gasteiger partial charge in [-0.05, 0) is 68.8 Å². The predicted octanol–water partition coefficient (Wildman–Crippen LogP) is 4.53. The van der Waals surface area contributed by atoms with Crippen LogP contribution in [0.4, 0.5) is 0 Å². The average molecular weight is 330 g/mol. The van der Waals surface area contributed by atoms with Crippen molar-refractivity contribution >= 4 is 28.4 Å². The Labute approximate surface area is 140 Å². The Hall–Kier alpha value is -1.32. The maximum Gasteiger partial charge on any atom is 0.163 e. The molecule has 3 aliphatic heterocycles. The lowest BCUT2D eigenvalue weighted by Gasteiger charge is -2.52. The number of furan rings is 1. The fourth-order valence-corrected chi connectivity index (χ4v) is 5.27. The van der Waals surface area contributed by atoms with Crippen molar-refractivity contribution in [2.45, 2.75) is 37.6 Å². The van der Waals surface area contributed by atoms with Gasteiger partial charge in [-0.15, -0.1) is 0 Å². The fourth-order valence-electron chi connectivity index (χ4n) is 5.08. The normalized spacial score (nSPS) is 30.9. The molecule has 1 saturated carbocycles. The zero-order valence-electron chi connectivity index (χ0n) is 13.1. The summed E-state index contributed by atoms with van der Waals surface area (Å²) in [6.07, 6.45) is 7.33. The molecule has 1 aromatic heterocycles. The molecule has 0 unspecified atom stereocenters. The van der Waals surface area contributed by atoms with Crippen LogP contribution in [0.3, 0.4) is 0 Å². The van der Waals surface area contributed by atoms with Gasteiger partial charge in [0, 0.05) is 22.9 Å². The molecule has 4 aliphatic rings. The Morgan fingerprint density at radius 2 is 2.09 bits per heavy atom. The molecule has 1 spiro atoms. The van der Waals surface area contributed by atoms with Gasteiger partial charge in [0.25, 0.3) is 0 Å². The maximum absolute atomic E-state index is 12.9. The highest BCUT2D eigenvalue weighted by Gasteiger charge is 2.60. The highest BCUT2D eigenvalue weighted by molar-refractivity contribution is 6.35. The van der Waals surface area contributed by atoms with Gasteiger partial charge in [0.05, 0.1) is 5.02 Å². The molecule has 0 radical (unpaired) electrons. The van der Waals surface area contributed by atoms with Gasteiger partial charge in [0.2, 0.25) is 0 Å². The van der Waals surface area contributed by atoms with Gasteiger partial charge in [-0.3, -0.25) is 9.69 Å². The molecule has 3 saturated heterocycles. The Kier molecular flexibility index (Phi) is 2.96. The third-order valence-electron chi connectivity index (χ3n) is 6.44. The Morgan fingerprint density at radius 3 is 2.83 bits per heavy atom. The van der Waals surface area contributed by atoms with Gasteiger partial charge < -0.3 is 4.42 Å². The summed E-state index contributed by atoms with van der Waals surface area (Å²) in [6.45, 7) is 2.48. The van der Waals surface area contributed by atoms with Crippen LogP contribution in [0.2, 0.25) is 5.02 Å². The minimum atomic E-state index is 0.259. The van der Waals surface area contributed by atoms with Crippen LogP contribution in [-0.4, -0.2) is 29.3 Å². The minimum absolute atomic E-state index is 0.259. The van der Waals surface area contributed by atoms with Gasteiger partial charge in [-0.1, -0.05) is 11.6 Å². The van der Waals surface area contributed by atoms with E-state index in [4.69, 9.17) is 16.0 Å². The molecule has 4 fully saturated rings. The van der Waals surface area contributed by atoms with Crippen LogP contribution in [0.15, 0.2) is 28.9 Å². The molecule has 4 heterocycles. The maximum atomic E-state index is 12.9. The molecule has 0 amide bonds. The third-order valence-corrected chi connectivity index (χ3v) is 6.74. The number of hydrogen-bond acceptors (Lipinski definition) is 3. The molecule has 1 aromatic carbocycles. The number of benzene rings is 1. The van der Waals surface area contributed by atoms with Gasteiger partial charge in [-0.2, -0.15) is 0 Å². The number of nitrogens with zero attached hydrogens (tertiary/aromatic N) is 1. The van der Waals surface area contributed by atoms with Crippen molar-refractivity contribution < 1.29 is 9.21 Å². The van der Waals surface area contributed by atoms with Gasteiger partial charge in [0.15, 0.2) is 5.78 Å². The van der Waals surface area contributed by atoms with Crippen LogP contribution in [0, 0.1) is 11.8 Å². The van der Waals surface area contributed by atoms with Crippen LogP contribution in [-0.2, 0) is 0 Å². The molecule has 120 valence electrons. The van der Waals surface area contributed by atoms with E-state index in [1.807, 2.05) is 18.2 Å². The Morgan fingerprint density at radius 1 is 1.30 bits per heavy atom. The number of halogens is 1. The standard InChI is InChI=1S/C19H20ClNO2/c20-16-11-23-18-2-1-13(9-14(16)18)17(22)10-15-12-3-7-21(8-4-12)19(15)5-6-19/h1-2,9,11-12,15H,3-8,10H2/t15-/m1/s1. The van der Waals surface area contributed by atoms with Crippen molar-refractivity contribution in [1.82, 2.24) is 4.90 Å². The van der Waals surface area contributed by atoms with Crippen molar-refractivity contribution in [2.24, 2.45) is 11.8 Å². The van der Waals surface area contributed by atoms with Gasteiger partial charge in [-0.25, -0.2) is 0 Å². The number of hydrogen-bond donors (Lipinski definition) is 0. The average Bonchev–Trinajstić information content (AvgIpc) is 3.28. The van der Waals surface area contributed by atoms with Gasteiger partial charge >= 0.3 is 0 Å². The van der Waals surface area contributed by atoms with Crippen LogP contribution < -0.4 is 0 Å². The van der Waals surface area contributed by atoms with Crippen LogP contribution in [0.25, 0.3) is 11.0 Å². The lowest BCUT2D eigenvalue weighted by Crippen LogP contribution is -2.57. The summed E-state index contributed by atoms with van der Waals surface area (Å²) >= 11 is 6.14. The molecule has 4 heteroatoms. The van der Waals surface area contributed by atoms with Crippen LogP contribution in [0.5, 0.6) is 0 Å². The lowest BCUT2D eigenvalue weighted by atomic mass is 9.69. The van der Waals surface area contributed by atoms with Crippen LogP contribution >= 0.6 is 11.6 Å². The summed E-state index contributed by atoms with van der Waals surface area (Å²) in [5, 5.41) is 1.42. The summed E-state index contributed by atoms with van der Waals surface area (Å²) in [6, 6.07) is 5.63. The highest BCUT2D eigenvalue weighted by Crippen LogP contribution is 2.58. The van der Waals surface area contributed by atoms with E-state index in [1.165, 1.54) is 45.0 Å². The first kappa shape index (κ1) is 14.1. The van der Waals surface area contributed by atoms with E-state index in [0.29, 0.717) is 22.9 Å². The summed E-state index contributed by atoms with van der Waals surface area (Å²) in [5.74, 6) is 1.55. The molecule has 1 aliphatic carbocycles. The molecule has 2 bridgehead atoms. The molecule has 2 aromatic rings. The van der Waals surface area contributed by atoms with Crippen LogP contribution in [0.1, 0.15) is 42.5 Å². The van der Waals surface area contributed by atoms with Crippen molar-refractivity contribution in [1.29, 1.82) is 0 Å². The zero-order valence-corrected chi connectivity index (χ0v) is 13.8. The molecular formula is C19H20ClNO2. The lowest BCUT2D eigenvalue weighted by molar-refractivity contribution is -0.0274. The predicted molar refractivity (Wildman–Crippen MR) is 89.9 cm³/mol. The van der Waals surface area contributed by atoms with Crippen molar-refractivity contribution in [2.75, 3.05) is 13.1 Å². The van der Waals surface area contributed by atoms with E-state index in [-0.39, 0.29) is 5.78 Å². The van der Waals surface area contributed by atoms with E-state index in [1.54, 1.807) is 0 Å². The smallest absolute Gasteiger partial charge is 0.163 e. The highest BCUT2D eigenvalue weighted by atomic mass is 35.5. The van der Waals surface area contributed by atoms with E-state index in [2.05, 4.69) is 4.90 Å². The molecule has 1 atom stereocenters. The third kappa shape index (κ3) is 2.03. The van der Waals surface area contributed by atoms with Gasteiger partial charge in [0.1, 0.15) is 11.8 Å². The van der Waals surface area contributed by atoms with E-state index in [0.717, 1.165) is 22.5 Å². The number of ketones is 1. The minimum Gasteiger partial charge on any atom is -0.463 e. The largest absolute Gasteiger partial charge is 0.463 e. The first-order valence-electron chi connectivity index (χ1n) is 8.62. The molecule has 6 rings (SSSR count). The second-order valence-electron chi connectivity index (χ2n) is 7.46. The van der Waals surface area contributed by atoms with Crippen molar-refractivity contribution in [3.63, 3.8) is 0 Å². The second kappa shape index (κ2) is 4.84. The summed E-state index contributed by atoms with van der Waals surface area (Å²) < 4.78 is 5.37. The topological polar surface area (TPSA) is 33.5 Å². The number of carbonyl (C=O) groups excluding carboxylic acids is 1. The van der Waals surface area contributed by atoms with Crippen molar-refractivity contribution in [3.05, 3.63) is 35.0 Å². The quantitative estimate of drug-likeness (QED) is 0.775. The number of piperidine rings is 3. The second-order valence-corrected chi connectivity index (χ2v) is 7.86. The summed E-state index contributed by atoms with van der Waals surface area (Å²) in [4.78, 5) is 15.6. The van der Waals surface area contributed by atoms with E-state index < -0.39 is 0 Å². The number of rotatable bonds is 3. The van der Waals surface area contributed by atoms with E-state index in [9.17, 15) is 4.79 Å². The number of carbonyl (C=O) groups is 1. The summed E-state index contributed by atoms with van der Waals surface area (Å²) in [7, 11) is 0.